The maximum atomic E-state index is 12.9. The summed E-state index contributed by atoms with van der Waals surface area (Å²) < 4.78 is 28.7. The van der Waals surface area contributed by atoms with Gasteiger partial charge in [-0.3, -0.25) is 4.72 Å². The van der Waals surface area contributed by atoms with Crippen molar-refractivity contribution < 1.29 is 8.42 Å². The summed E-state index contributed by atoms with van der Waals surface area (Å²) in [6.45, 7) is 0. The fourth-order valence-electron chi connectivity index (χ4n) is 3.75. The topological polar surface area (TPSA) is 46.2 Å². The molecule has 1 N–H and O–H groups in total. The van der Waals surface area contributed by atoms with E-state index >= 15 is 0 Å². The molecule has 0 saturated carbocycles. The first-order chi connectivity index (χ1) is 13.6. The molecular weight excluding hydrogens is 366 g/mol. The Labute approximate surface area is 163 Å². The van der Waals surface area contributed by atoms with Gasteiger partial charge in [-0.15, -0.1) is 0 Å². The van der Waals surface area contributed by atoms with Crippen LogP contribution in [0.5, 0.6) is 0 Å². The van der Waals surface area contributed by atoms with Gasteiger partial charge < -0.3 is 0 Å². The third kappa shape index (κ3) is 2.70. The Balaban J connectivity index is 1.81. The third-order valence-corrected chi connectivity index (χ3v) is 6.45. The van der Waals surface area contributed by atoms with Crippen molar-refractivity contribution >= 4 is 48.0 Å². The summed E-state index contributed by atoms with van der Waals surface area (Å²) in [6.07, 6.45) is 0. The van der Waals surface area contributed by atoms with Crippen molar-refractivity contribution in [3.8, 4) is 0 Å². The molecule has 0 aliphatic rings. The molecule has 0 aromatic heterocycles. The molecule has 5 aromatic rings. The number of rotatable bonds is 3. The Morgan fingerprint density at radius 2 is 1.14 bits per heavy atom. The average molecular weight is 383 g/mol. The quantitative estimate of drug-likeness (QED) is 0.392. The maximum absolute atomic E-state index is 12.9. The molecule has 0 saturated heterocycles. The first kappa shape index (κ1) is 16.8. The predicted molar refractivity (Wildman–Crippen MR) is 116 cm³/mol. The summed E-state index contributed by atoms with van der Waals surface area (Å²) in [4.78, 5) is 0.247. The fraction of sp³-hybridized carbons (Fsp3) is 0. The summed E-state index contributed by atoms with van der Waals surface area (Å²) in [5, 5.41) is 6.27. The van der Waals surface area contributed by atoms with E-state index < -0.39 is 10.0 Å². The lowest BCUT2D eigenvalue weighted by Gasteiger charge is -2.14. The predicted octanol–water partition coefficient (Wildman–Crippen LogP) is 5.95. The standard InChI is InChI=1S/C24H17NO2S/c26-28(27,18-9-2-1-3-10-18)25-24-16-23-19-11-5-4-8-17(19)14-15-21(23)20-12-6-7-13-22(20)24/h1-16,25H. The van der Waals surface area contributed by atoms with Crippen molar-refractivity contribution in [3.05, 3.63) is 97.1 Å². The van der Waals surface area contributed by atoms with E-state index in [1.165, 1.54) is 0 Å². The Bertz CT molecular complexity index is 1440. The second-order valence-corrected chi connectivity index (χ2v) is 8.45. The van der Waals surface area contributed by atoms with Crippen LogP contribution >= 0.6 is 0 Å². The van der Waals surface area contributed by atoms with Gasteiger partial charge in [-0.2, -0.15) is 0 Å². The fourth-order valence-corrected chi connectivity index (χ4v) is 4.84. The number of benzene rings is 5. The number of hydrogen-bond donors (Lipinski definition) is 1. The van der Waals surface area contributed by atoms with Gasteiger partial charge in [0.1, 0.15) is 0 Å². The molecule has 136 valence electrons. The maximum Gasteiger partial charge on any atom is 0.261 e. The van der Waals surface area contributed by atoms with E-state index in [9.17, 15) is 8.42 Å². The second-order valence-electron chi connectivity index (χ2n) is 6.77. The van der Waals surface area contributed by atoms with Gasteiger partial charge in [0.15, 0.2) is 0 Å². The molecule has 0 radical (unpaired) electrons. The molecule has 0 fully saturated rings. The molecule has 3 nitrogen and oxygen atoms in total. The van der Waals surface area contributed by atoms with Crippen LogP contribution in [0.1, 0.15) is 0 Å². The lowest BCUT2D eigenvalue weighted by molar-refractivity contribution is 0.601. The van der Waals surface area contributed by atoms with Gasteiger partial charge in [0, 0.05) is 5.39 Å². The highest BCUT2D eigenvalue weighted by molar-refractivity contribution is 7.92. The summed E-state index contributed by atoms with van der Waals surface area (Å²) >= 11 is 0. The van der Waals surface area contributed by atoms with Crippen molar-refractivity contribution in [2.75, 3.05) is 4.72 Å². The van der Waals surface area contributed by atoms with Crippen LogP contribution in [0, 0.1) is 0 Å². The minimum Gasteiger partial charge on any atom is -0.279 e. The molecule has 0 atom stereocenters. The van der Waals surface area contributed by atoms with E-state index in [0.717, 1.165) is 32.3 Å². The normalized spacial score (nSPS) is 11.9. The zero-order chi connectivity index (χ0) is 19.1. The van der Waals surface area contributed by atoms with E-state index in [2.05, 4.69) is 29.0 Å². The van der Waals surface area contributed by atoms with E-state index in [-0.39, 0.29) is 4.90 Å². The van der Waals surface area contributed by atoms with Crippen LogP contribution in [0.4, 0.5) is 5.69 Å². The van der Waals surface area contributed by atoms with Crippen LogP contribution in [-0.4, -0.2) is 8.42 Å². The van der Waals surface area contributed by atoms with Gasteiger partial charge in [0.2, 0.25) is 0 Å². The molecule has 5 rings (SSSR count). The third-order valence-electron chi connectivity index (χ3n) is 5.06. The minimum absolute atomic E-state index is 0.247. The van der Waals surface area contributed by atoms with E-state index in [1.54, 1.807) is 30.3 Å². The van der Waals surface area contributed by atoms with Gasteiger partial charge in [0.05, 0.1) is 10.6 Å². The molecule has 0 aliphatic heterocycles. The molecule has 5 aromatic carbocycles. The molecule has 0 spiro atoms. The van der Waals surface area contributed by atoms with Crippen LogP contribution in [-0.2, 0) is 10.0 Å². The second kappa shape index (κ2) is 6.36. The molecule has 0 aliphatic carbocycles. The average Bonchev–Trinajstić information content (AvgIpc) is 2.74. The lowest BCUT2D eigenvalue weighted by atomic mass is 9.96. The number of nitrogens with one attached hydrogen (secondary N) is 1. The largest absolute Gasteiger partial charge is 0.279 e. The Hall–Kier alpha value is -3.37. The zero-order valence-corrected chi connectivity index (χ0v) is 15.8. The smallest absolute Gasteiger partial charge is 0.261 e. The highest BCUT2D eigenvalue weighted by Crippen LogP contribution is 2.36. The molecule has 0 heterocycles. The van der Waals surface area contributed by atoms with Crippen molar-refractivity contribution in [3.63, 3.8) is 0 Å². The minimum atomic E-state index is -3.68. The lowest BCUT2D eigenvalue weighted by Crippen LogP contribution is -2.13. The monoisotopic (exact) mass is 383 g/mol. The van der Waals surface area contributed by atoms with Gasteiger partial charge in [-0.05, 0) is 45.1 Å². The van der Waals surface area contributed by atoms with Gasteiger partial charge in [-0.25, -0.2) is 8.42 Å². The first-order valence-corrected chi connectivity index (χ1v) is 10.5. The van der Waals surface area contributed by atoms with Crippen molar-refractivity contribution in [2.45, 2.75) is 4.90 Å². The summed E-state index contributed by atoms with van der Waals surface area (Å²) in [7, 11) is -3.68. The molecule has 0 amide bonds. The SMILES string of the molecule is O=S(=O)(Nc1cc2c3ccccc3ccc2c2ccccc12)c1ccccc1. The van der Waals surface area contributed by atoms with E-state index in [4.69, 9.17) is 0 Å². The van der Waals surface area contributed by atoms with Crippen LogP contribution in [0.25, 0.3) is 32.3 Å². The number of hydrogen-bond acceptors (Lipinski definition) is 2. The van der Waals surface area contributed by atoms with Gasteiger partial charge >= 0.3 is 0 Å². The van der Waals surface area contributed by atoms with Crippen LogP contribution in [0.15, 0.2) is 102 Å². The van der Waals surface area contributed by atoms with E-state index in [1.807, 2.05) is 42.5 Å². The summed E-state index contributed by atoms with van der Waals surface area (Å²) in [6, 6.07) is 30.6. The highest BCUT2D eigenvalue weighted by Gasteiger charge is 2.16. The first-order valence-electron chi connectivity index (χ1n) is 9.04. The van der Waals surface area contributed by atoms with Crippen LogP contribution < -0.4 is 4.72 Å². The molecule has 0 unspecified atom stereocenters. The molecule has 4 heteroatoms. The zero-order valence-electron chi connectivity index (χ0n) is 15.0. The number of anilines is 1. The van der Waals surface area contributed by atoms with Crippen molar-refractivity contribution in [1.82, 2.24) is 0 Å². The molecule has 28 heavy (non-hydrogen) atoms. The van der Waals surface area contributed by atoms with E-state index in [0.29, 0.717) is 5.69 Å². The molecule has 0 bridgehead atoms. The highest BCUT2D eigenvalue weighted by atomic mass is 32.2. The van der Waals surface area contributed by atoms with Crippen LogP contribution in [0.3, 0.4) is 0 Å². The summed E-state index contributed by atoms with van der Waals surface area (Å²) in [5.74, 6) is 0. The van der Waals surface area contributed by atoms with Gasteiger partial charge in [-0.1, -0.05) is 78.9 Å². The molecular formula is C24H17NO2S. The van der Waals surface area contributed by atoms with Crippen molar-refractivity contribution in [2.24, 2.45) is 0 Å². The Morgan fingerprint density at radius 3 is 1.93 bits per heavy atom. The number of sulfonamides is 1. The Morgan fingerprint density at radius 1 is 0.536 bits per heavy atom. The van der Waals surface area contributed by atoms with Crippen molar-refractivity contribution in [1.29, 1.82) is 0 Å². The summed E-state index contributed by atoms with van der Waals surface area (Å²) in [5.41, 5.74) is 0.586. The number of fused-ring (bicyclic) bond motifs is 5. The Kier molecular flexibility index (Phi) is 3.81. The van der Waals surface area contributed by atoms with Gasteiger partial charge in [0.25, 0.3) is 10.0 Å². The van der Waals surface area contributed by atoms with Crippen LogP contribution in [0.2, 0.25) is 0 Å².